The van der Waals surface area contributed by atoms with Gasteiger partial charge in [0.15, 0.2) is 0 Å². The van der Waals surface area contributed by atoms with E-state index in [9.17, 15) is 5.11 Å². The highest BCUT2D eigenvalue weighted by molar-refractivity contribution is 9.10. The lowest BCUT2D eigenvalue weighted by atomic mass is 10.1. The molecule has 1 aromatic heterocycles. The number of likely N-dealkylation sites (N-methyl/N-ethyl adjacent to an activating group) is 1. The van der Waals surface area contributed by atoms with E-state index in [2.05, 4.69) is 26.2 Å². The number of nitrogens with zero attached hydrogens (tertiary/aromatic N) is 2. The van der Waals surface area contributed by atoms with E-state index in [-0.39, 0.29) is 0 Å². The first-order valence-corrected chi connectivity index (χ1v) is 6.55. The molecule has 4 nitrogen and oxygen atoms in total. The SMILES string of the molecule is CNCC(O)c1ccc(-n2ccnc2C)c(Br)c1. The molecule has 2 N–H and O–H groups in total. The normalized spacial score (nSPS) is 12.7. The standard InChI is InChI=1S/C13H16BrN3O/c1-9-16-5-6-17(9)12-4-3-10(7-11(12)14)13(18)8-15-2/h3-7,13,15,18H,8H2,1-2H3. The first-order valence-electron chi connectivity index (χ1n) is 5.76. The molecule has 1 atom stereocenters. The second-order valence-electron chi connectivity index (χ2n) is 4.13. The van der Waals surface area contributed by atoms with Crippen molar-refractivity contribution in [2.75, 3.05) is 13.6 Å². The largest absolute Gasteiger partial charge is 0.387 e. The summed E-state index contributed by atoms with van der Waals surface area (Å²) in [4.78, 5) is 4.20. The average molecular weight is 310 g/mol. The van der Waals surface area contributed by atoms with Crippen LogP contribution in [0.5, 0.6) is 0 Å². The minimum absolute atomic E-state index is 0.496. The Balaban J connectivity index is 2.34. The molecular formula is C13H16BrN3O. The number of hydrogen-bond donors (Lipinski definition) is 2. The molecule has 96 valence electrons. The van der Waals surface area contributed by atoms with Gasteiger partial charge in [0.1, 0.15) is 5.82 Å². The molecule has 0 radical (unpaired) electrons. The number of benzene rings is 1. The molecule has 0 saturated carbocycles. The first kappa shape index (κ1) is 13.3. The van der Waals surface area contributed by atoms with Crippen LogP contribution in [0, 0.1) is 6.92 Å². The summed E-state index contributed by atoms with van der Waals surface area (Å²) in [6.07, 6.45) is 3.19. The maximum atomic E-state index is 9.92. The Labute approximate surface area is 115 Å². The van der Waals surface area contributed by atoms with Crippen LogP contribution in [0.15, 0.2) is 35.1 Å². The molecule has 0 aliphatic carbocycles. The fourth-order valence-electron chi connectivity index (χ4n) is 1.87. The van der Waals surface area contributed by atoms with Crippen LogP contribution in [0.1, 0.15) is 17.5 Å². The summed E-state index contributed by atoms with van der Waals surface area (Å²) < 4.78 is 2.94. The van der Waals surface area contributed by atoms with Crippen LogP contribution in [0.2, 0.25) is 0 Å². The van der Waals surface area contributed by atoms with Crippen LogP contribution in [-0.4, -0.2) is 28.3 Å². The Morgan fingerprint density at radius 1 is 1.50 bits per heavy atom. The van der Waals surface area contributed by atoms with Gasteiger partial charge in [-0.1, -0.05) is 6.07 Å². The number of halogens is 1. The van der Waals surface area contributed by atoms with Crippen LogP contribution in [-0.2, 0) is 0 Å². The highest BCUT2D eigenvalue weighted by atomic mass is 79.9. The van der Waals surface area contributed by atoms with E-state index in [0.717, 1.165) is 21.5 Å². The van der Waals surface area contributed by atoms with Gasteiger partial charge in [0, 0.05) is 23.4 Å². The summed E-state index contributed by atoms with van der Waals surface area (Å²) >= 11 is 3.54. The van der Waals surface area contributed by atoms with Crippen molar-refractivity contribution in [3.8, 4) is 5.69 Å². The maximum Gasteiger partial charge on any atom is 0.110 e. The van der Waals surface area contributed by atoms with Crippen molar-refractivity contribution in [3.05, 3.63) is 46.5 Å². The number of rotatable bonds is 4. The molecule has 0 aliphatic rings. The topological polar surface area (TPSA) is 50.1 Å². The van der Waals surface area contributed by atoms with Crippen molar-refractivity contribution in [1.29, 1.82) is 0 Å². The zero-order valence-corrected chi connectivity index (χ0v) is 12.0. The Hall–Kier alpha value is -1.17. The molecule has 5 heteroatoms. The van der Waals surface area contributed by atoms with Crippen LogP contribution < -0.4 is 5.32 Å². The Kier molecular flexibility index (Phi) is 4.16. The third kappa shape index (κ3) is 2.63. The molecule has 1 unspecified atom stereocenters. The van der Waals surface area contributed by atoms with Crippen molar-refractivity contribution in [2.45, 2.75) is 13.0 Å². The van der Waals surface area contributed by atoms with Gasteiger partial charge >= 0.3 is 0 Å². The van der Waals surface area contributed by atoms with Gasteiger partial charge in [-0.2, -0.15) is 0 Å². The van der Waals surface area contributed by atoms with E-state index in [0.29, 0.717) is 6.54 Å². The second-order valence-corrected chi connectivity index (χ2v) is 4.98. The van der Waals surface area contributed by atoms with Crippen LogP contribution in [0.3, 0.4) is 0 Å². The molecule has 2 rings (SSSR count). The summed E-state index contributed by atoms with van der Waals surface area (Å²) in [6, 6.07) is 5.85. The molecule has 2 aromatic rings. The van der Waals surface area contributed by atoms with E-state index in [1.165, 1.54) is 0 Å². The van der Waals surface area contributed by atoms with E-state index < -0.39 is 6.10 Å². The van der Waals surface area contributed by atoms with Gasteiger partial charge in [-0.15, -0.1) is 0 Å². The maximum absolute atomic E-state index is 9.92. The highest BCUT2D eigenvalue weighted by Crippen LogP contribution is 2.26. The average Bonchev–Trinajstić information content (AvgIpc) is 2.75. The number of aliphatic hydroxyl groups is 1. The predicted octanol–water partition coefficient (Wildman–Crippen LogP) is 2.20. The number of aromatic nitrogens is 2. The number of imidazole rings is 1. The number of nitrogens with one attached hydrogen (secondary N) is 1. The summed E-state index contributed by atoms with van der Waals surface area (Å²) in [7, 11) is 1.82. The van der Waals surface area contributed by atoms with Gasteiger partial charge < -0.3 is 15.0 Å². The van der Waals surface area contributed by atoms with E-state index in [1.54, 1.807) is 6.20 Å². The number of hydrogen-bond acceptors (Lipinski definition) is 3. The van der Waals surface area contributed by atoms with Crippen LogP contribution in [0.4, 0.5) is 0 Å². The Bertz CT molecular complexity index is 539. The summed E-state index contributed by atoms with van der Waals surface area (Å²) in [5, 5.41) is 12.9. The lowest BCUT2D eigenvalue weighted by Crippen LogP contribution is -2.16. The molecule has 1 aromatic carbocycles. The molecule has 0 bridgehead atoms. The fourth-order valence-corrected chi connectivity index (χ4v) is 2.46. The minimum atomic E-state index is -0.496. The van der Waals surface area contributed by atoms with Crippen LogP contribution in [0.25, 0.3) is 5.69 Å². The number of aliphatic hydroxyl groups excluding tert-OH is 1. The van der Waals surface area contributed by atoms with Gasteiger partial charge in [0.05, 0.1) is 11.8 Å². The molecule has 0 fully saturated rings. The first-order chi connectivity index (χ1) is 8.63. The molecule has 0 amide bonds. The smallest absolute Gasteiger partial charge is 0.110 e. The zero-order valence-electron chi connectivity index (χ0n) is 10.4. The van der Waals surface area contributed by atoms with E-state index >= 15 is 0 Å². The van der Waals surface area contributed by atoms with Gasteiger partial charge in [-0.3, -0.25) is 0 Å². The lowest BCUT2D eigenvalue weighted by molar-refractivity contribution is 0.177. The van der Waals surface area contributed by atoms with Crippen molar-refractivity contribution >= 4 is 15.9 Å². The van der Waals surface area contributed by atoms with E-state index in [1.807, 2.05) is 42.9 Å². The molecule has 1 heterocycles. The van der Waals surface area contributed by atoms with Crippen molar-refractivity contribution < 1.29 is 5.11 Å². The van der Waals surface area contributed by atoms with E-state index in [4.69, 9.17) is 0 Å². The third-order valence-corrected chi connectivity index (χ3v) is 3.47. The van der Waals surface area contributed by atoms with Crippen molar-refractivity contribution in [1.82, 2.24) is 14.9 Å². The molecule has 0 spiro atoms. The van der Waals surface area contributed by atoms with Gasteiger partial charge in [-0.05, 0) is 47.6 Å². The highest BCUT2D eigenvalue weighted by Gasteiger charge is 2.10. The third-order valence-electron chi connectivity index (χ3n) is 2.84. The lowest BCUT2D eigenvalue weighted by Gasteiger charge is -2.13. The molecule has 0 saturated heterocycles. The Morgan fingerprint density at radius 3 is 2.83 bits per heavy atom. The van der Waals surface area contributed by atoms with Crippen molar-refractivity contribution in [2.24, 2.45) is 0 Å². The summed E-state index contributed by atoms with van der Waals surface area (Å²) in [5.41, 5.74) is 1.91. The molecule has 18 heavy (non-hydrogen) atoms. The minimum Gasteiger partial charge on any atom is -0.387 e. The molecule has 0 aliphatic heterocycles. The van der Waals surface area contributed by atoms with Gasteiger partial charge in [0.25, 0.3) is 0 Å². The number of aryl methyl sites for hydroxylation is 1. The monoisotopic (exact) mass is 309 g/mol. The summed E-state index contributed by atoms with van der Waals surface area (Å²) in [5.74, 6) is 0.930. The van der Waals surface area contributed by atoms with Gasteiger partial charge in [0.2, 0.25) is 0 Å². The van der Waals surface area contributed by atoms with Crippen LogP contribution >= 0.6 is 15.9 Å². The predicted molar refractivity (Wildman–Crippen MR) is 74.9 cm³/mol. The fraction of sp³-hybridized carbons (Fsp3) is 0.308. The van der Waals surface area contributed by atoms with Gasteiger partial charge in [-0.25, -0.2) is 4.98 Å². The van der Waals surface area contributed by atoms with Crippen molar-refractivity contribution in [3.63, 3.8) is 0 Å². The quantitative estimate of drug-likeness (QED) is 0.910. The zero-order chi connectivity index (χ0) is 13.1. The molecular weight excluding hydrogens is 294 g/mol. The summed E-state index contributed by atoms with van der Waals surface area (Å²) in [6.45, 7) is 2.49. The second kappa shape index (κ2) is 5.65. The Morgan fingerprint density at radius 2 is 2.28 bits per heavy atom.